The zero-order valence-corrected chi connectivity index (χ0v) is 17.3. The normalized spacial score (nSPS) is 10.8. The summed E-state index contributed by atoms with van der Waals surface area (Å²) >= 11 is 0. The fraction of sp³-hybridized carbons (Fsp3) is 0.0800. The standard InChI is InChI=1S/C25H22N4O2/c1-30-23-14-13-20(15-24(23)31-2)22-16-21(19-11-7-4-8-12-19)27-25(28-22)29-26-17-18-9-5-3-6-10-18/h3-17H,1-2H3,(H,27,28,29)/b26-17-. The topological polar surface area (TPSA) is 68.6 Å². The van der Waals surface area contributed by atoms with Gasteiger partial charge in [-0.2, -0.15) is 5.10 Å². The lowest BCUT2D eigenvalue weighted by Crippen LogP contribution is -2.00. The summed E-state index contributed by atoms with van der Waals surface area (Å²) in [5.41, 5.74) is 7.34. The van der Waals surface area contributed by atoms with E-state index in [1.165, 1.54) is 0 Å². The van der Waals surface area contributed by atoms with Crippen LogP contribution in [0.3, 0.4) is 0 Å². The van der Waals surface area contributed by atoms with Crippen molar-refractivity contribution in [1.82, 2.24) is 9.97 Å². The van der Waals surface area contributed by atoms with E-state index in [0.717, 1.165) is 28.1 Å². The Morgan fingerprint density at radius 2 is 1.35 bits per heavy atom. The predicted molar refractivity (Wildman–Crippen MR) is 124 cm³/mol. The van der Waals surface area contributed by atoms with Crippen molar-refractivity contribution in [3.63, 3.8) is 0 Å². The second-order valence-electron chi connectivity index (χ2n) is 6.68. The molecule has 154 valence electrons. The summed E-state index contributed by atoms with van der Waals surface area (Å²) in [4.78, 5) is 9.30. The van der Waals surface area contributed by atoms with Gasteiger partial charge in [-0.25, -0.2) is 15.4 Å². The van der Waals surface area contributed by atoms with Crippen molar-refractivity contribution in [3.05, 3.63) is 90.5 Å². The molecule has 0 spiro atoms. The van der Waals surface area contributed by atoms with E-state index in [1.54, 1.807) is 20.4 Å². The number of methoxy groups -OCH3 is 2. The zero-order valence-electron chi connectivity index (χ0n) is 17.3. The van der Waals surface area contributed by atoms with Crippen LogP contribution in [-0.2, 0) is 0 Å². The van der Waals surface area contributed by atoms with E-state index < -0.39 is 0 Å². The number of nitrogens with zero attached hydrogens (tertiary/aromatic N) is 3. The van der Waals surface area contributed by atoms with E-state index in [4.69, 9.17) is 9.47 Å². The second-order valence-corrected chi connectivity index (χ2v) is 6.68. The summed E-state index contributed by atoms with van der Waals surface area (Å²) < 4.78 is 10.8. The third-order valence-corrected chi connectivity index (χ3v) is 4.65. The molecule has 0 bridgehead atoms. The van der Waals surface area contributed by atoms with Crippen LogP contribution in [0.4, 0.5) is 5.95 Å². The maximum atomic E-state index is 5.45. The summed E-state index contributed by atoms with van der Waals surface area (Å²) in [5.74, 6) is 1.70. The Morgan fingerprint density at radius 3 is 2.03 bits per heavy atom. The summed E-state index contributed by atoms with van der Waals surface area (Å²) in [6.07, 6.45) is 1.73. The van der Waals surface area contributed by atoms with Gasteiger partial charge in [-0.3, -0.25) is 0 Å². The van der Waals surface area contributed by atoms with Crippen LogP contribution < -0.4 is 14.9 Å². The molecule has 1 aromatic heterocycles. The molecule has 0 unspecified atom stereocenters. The van der Waals surface area contributed by atoms with E-state index in [2.05, 4.69) is 20.5 Å². The molecule has 0 aliphatic heterocycles. The van der Waals surface area contributed by atoms with E-state index in [1.807, 2.05) is 84.9 Å². The summed E-state index contributed by atoms with van der Waals surface area (Å²) in [7, 11) is 3.23. The number of hydrogen-bond acceptors (Lipinski definition) is 6. The fourth-order valence-electron chi connectivity index (χ4n) is 3.10. The lowest BCUT2D eigenvalue weighted by molar-refractivity contribution is 0.355. The van der Waals surface area contributed by atoms with Gasteiger partial charge in [-0.05, 0) is 29.8 Å². The van der Waals surface area contributed by atoms with Crippen LogP contribution >= 0.6 is 0 Å². The average molecular weight is 410 g/mol. The molecule has 0 aliphatic carbocycles. The maximum Gasteiger partial charge on any atom is 0.244 e. The highest BCUT2D eigenvalue weighted by Gasteiger charge is 2.11. The third kappa shape index (κ3) is 4.87. The van der Waals surface area contributed by atoms with E-state index >= 15 is 0 Å². The lowest BCUT2D eigenvalue weighted by Gasteiger charge is -2.11. The Labute approximate surface area is 181 Å². The number of anilines is 1. The van der Waals surface area contributed by atoms with Gasteiger partial charge < -0.3 is 9.47 Å². The molecule has 0 saturated heterocycles. The van der Waals surface area contributed by atoms with Crippen molar-refractivity contribution < 1.29 is 9.47 Å². The van der Waals surface area contributed by atoms with Crippen molar-refractivity contribution in [1.29, 1.82) is 0 Å². The van der Waals surface area contributed by atoms with Gasteiger partial charge in [0, 0.05) is 11.1 Å². The van der Waals surface area contributed by atoms with Crippen molar-refractivity contribution in [2.75, 3.05) is 19.6 Å². The number of hydrazone groups is 1. The van der Waals surface area contributed by atoms with E-state index in [-0.39, 0.29) is 0 Å². The molecule has 1 N–H and O–H groups in total. The summed E-state index contributed by atoms with van der Waals surface area (Å²) in [6.45, 7) is 0. The highest BCUT2D eigenvalue weighted by molar-refractivity contribution is 5.80. The first-order valence-corrected chi connectivity index (χ1v) is 9.78. The molecule has 4 aromatic rings. The quantitative estimate of drug-likeness (QED) is 0.332. The molecule has 0 saturated carbocycles. The van der Waals surface area contributed by atoms with E-state index in [9.17, 15) is 0 Å². The lowest BCUT2D eigenvalue weighted by atomic mass is 10.1. The number of aromatic nitrogens is 2. The minimum Gasteiger partial charge on any atom is -0.493 e. The fourth-order valence-corrected chi connectivity index (χ4v) is 3.10. The molecule has 6 nitrogen and oxygen atoms in total. The molecule has 31 heavy (non-hydrogen) atoms. The zero-order chi connectivity index (χ0) is 21.5. The van der Waals surface area contributed by atoms with Crippen molar-refractivity contribution in [2.24, 2.45) is 5.10 Å². The molecular weight excluding hydrogens is 388 g/mol. The number of benzene rings is 3. The Hall–Kier alpha value is -4.19. The molecule has 0 amide bonds. The van der Waals surface area contributed by atoms with Crippen LogP contribution in [0, 0.1) is 0 Å². The Balaban J connectivity index is 1.72. The maximum absolute atomic E-state index is 5.45. The highest BCUT2D eigenvalue weighted by atomic mass is 16.5. The van der Waals surface area contributed by atoms with Crippen LogP contribution in [0.5, 0.6) is 11.5 Å². The second kappa shape index (κ2) is 9.54. The van der Waals surface area contributed by atoms with Crippen molar-refractivity contribution in [2.45, 2.75) is 0 Å². The van der Waals surface area contributed by atoms with Crippen LogP contribution in [0.1, 0.15) is 5.56 Å². The molecule has 0 radical (unpaired) electrons. The molecule has 4 rings (SSSR count). The SMILES string of the molecule is COc1ccc(-c2cc(-c3ccccc3)nc(N/N=C\c3ccccc3)n2)cc1OC. The first kappa shape index (κ1) is 20.1. The molecule has 0 atom stereocenters. The van der Waals surface area contributed by atoms with Crippen molar-refractivity contribution >= 4 is 12.2 Å². The van der Waals surface area contributed by atoms with Gasteiger partial charge in [0.2, 0.25) is 5.95 Å². The minimum atomic E-state index is 0.401. The Kier molecular flexibility index (Phi) is 6.18. The largest absolute Gasteiger partial charge is 0.493 e. The van der Waals surface area contributed by atoms with Gasteiger partial charge in [-0.15, -0.1) is 0 Å². The summed E-state index contributed by atoms with van der Waals surface area (Å²) in [6, 6.07) is 27.4. The van der Waals surface area contributed by atoms with Crippen molar-refractivity contribution in [3.8, 4) is 34.0 Å². The average Bonchev–Trinajstić information content (AvgIpc) is 2.84. The van der Waals surface area contributed by atoms with Gasteiger partial charge in [0.15, 0.2) is 11.5 Å². The number of rotatable bonds is 7. The van der Waals surface area contributed by atoms with Crippen LogP contribution in [0.2, 0.25) is 0 Å². The van der Waals surface area contributed by atoms with E-state index in [0.29, 0.717) is 17.4 Å². The monoisotopic (exact) mass is 410 g/mol. The first-order valence-electron chi connectivity index (χ1n) is 9.78. The molecule has 0 aliphatic rings. The summed E-state index contributed by atoms with van der Waals surface area (Å²) in [5, 5.41) is 4.30. The Morgan fingerprint density at radius 1 is 0.710 bits per heavy atom. The minimum absolute atomic E-state index is 0.401. The molecule has 3 aromatic carbocycles. The van der Waals surface area contributed by atoms with Gasteiger partial charge >= 0.3 is 0 Å². The van der Waals surface area contributed by atoms with Gasteiger partial charge in [0.25, 0.3) is 0 Å². The van der Waals surface area contributed by atoms with Crippen LogP contribution in [0.15, 0.2) is 90.0 Å². The highest BCUT2D eigenvalue weighted by Crippen LogP contribution is 2.33. The van der Waals surface area contributed by atoms with Crippen LogP contribution in [-0.4, -0.2) is 30.4 Å². The smallest absolute Gasteiger partial charge is 0.244 e. The first-order chi connectivity index (χ1) is 15.3. The molecule has 1 heterocycles. The van der Waals surface area contributed by atoms with Gasteiger partial charge in [0.05, 0.1) is 31.8 Å². The Bertz CT molecular complexity index is 1180. The number of hydrogen-bond donors (Lipinski definition) is 1. The third-order valence-electron chi connectivity index (χ3n) is 4.65. The van der Waals surface area contributed by atoms with Crippen LogP contribution in [0.25, 0.3) is 22.5 Å². The molecule has 6 heteroatoms. The molecular formula is C25H22N4O2. The predicted octanol–water partition coefficient (Wildman–Crippen LogP) is 5.27. The molecule has 0 fully saturated rings. The number of ether oxygens (including phenoxy) is 2. The number of nitrogens with one attached hydrogen (secondary N) is 1. The van der Waals surface area contributed by atoms with Gasteiger partial charge in [-0.1, -0.05) is 60.7 Å². The van der Waals surface area contributed by atoms with Gasteiger partial charge in [0.1, 0.15) is 0 Å².